The van der Waals surface area contributed by atoms with Gasteiger partial charge in [0.25, 0.3) is 5.91 Å². The van der Waals surface area contributed by atoms with Gasteiger partial charge in [-0.15, -0.1) is 0 Å². The van der Waals surface area contributed by atoms with Crippen molar-refractivity contribution in [2.45, 2.75) is 6.92 Å². The molecule has 0 unspecified atom stereocenters. The highest BCUT2D eigenvalue weighted by molar-refractivity contribution is 7.80. The topological polar surface area (TPSA) is 67.9 Å². The van der Waals surface area contributed by atoms with E-state index in [4.69, 9.17) is 21.7 Å². The molecule has 0 radical (unpaired) electrons. The van der Waals surface area contributed by atoms with Crippen molar-refractivity contribution in [2.75, 3.05) is 12.0 Å². The largest absolute Gasteiger partial charge is 0.493 e. The Morgan fingerprint density at radius 3 is 2.48 bits per heavy atom. The summed E-state index contributed by atoms with van der Waals surface area (Å²) in [7, 11) is 1.44. The minimum absolute atomic E-state index is 0.191. The van der Waals surface area contributed by atoms with E-state index in [-0.39, 0.29) is 22.3 Å². The van der Waals surface area contributed by atoms with Crippen LogP contribution in [0.15, 0.2) is 72.4 Å². The molecular weight excluding hydrogens is 443 g/mol. The smallest absolute Gasteiger partial charge is 0.343 e. The van der Waals surface area contributed by atoms with Gasteiger partial charge in [-0.3, -0.25) is 9.69 Å². The normalized spacial score (nSPS) is 14.4. The molecule has 0 atom stereocenters. The molecule has 1 fully saturated rings. The van der Waals surface area contributed by atoms with E-state index in [2.05, 4.69) is 5.32 Å². The molecule has 1 N–H and O–H groups in total. The number of carbonyl (C=O) groups is 2. The molecule has 0 bridgehead atoms. The van der Waals surface area contributed by atoms with Crippen LogP contribution in [0.2, 0.25) is 0 Å². The second-order valence-corrected chi connectivity index (χ2v) is 7.61. The molecule has 3 aromatic rings. The number of aryl methyl sites for hydroxylation is 1. The van der Waals surface area contributed by atoms with Gasteiger partial charge in [-0.05, 0) is 78.8 Å². The molecule has 33 heavy (non-hydrogen) atoms. The van der Waals surface area contributed by atoms with Crippen LogP contribution in [0.25, 0.3) is 6.08 Å². The van der Waals surface area contributed by atoms with Crippen molar-refractivity contribution in [3.05, 3.63) is 94.9 Å². The van der Waals surface area contributed by atoms with E-state index < -0.39 is 11.8 Å². The van der Waals surface area contributed by atoms with Crippen LogP contribution < -0.4 is 19.7 Å². The van der Waals surface area contributed by atoms with E-state index in [0.717, 1.165) is 5.56 Å². The van der Waals surface area contributed by atoms with E-state index in [1.165, 1.54) is 36.3 Å². The average molecular weight is 463 g/mol. The second kappa shape index (κ2) is 9.22. The quantitative estimate of drug-likeness (QED) is 0.258. The Balaban J connectivity index is 1.57. The third-order valence-corrected chi connectivity index (χ3v) is 5.30. The molecule has 4 rings (SSSR count). The lowest BCUT2D eigenvalue weighted by molar-refractivity contribution is -0.113. The van der Waals surface area contributed by atoms with Gasteiger partial charge in [-0.25, -0.2) is 9.18 Å². The molecule has 0 spiro atoms. The number of hydrogen-bond donors (Lipinski definition) is 1. The Kier molecular flexibility index (Phi) is 6.19. The lowest BCUT2D eigenvalue weighted by Crippen LogP contribution is -2.30. The number of rotatable bonds is 5. The predicted octanol–water partition coefficient (Wildman–Crippen LogP) is 4.62. The summed E-state index contributed by atoms with van der Waals surface area (Å²) in [5.41, 5.74) is 2.78. The van der Waals surface area contributed by atoms with Crippen LogP contribution in [0.1, 0.15) is 21.5 Å². The number of halogens is 1. The van der Waals surface area contributed by atoms with Crippen LogP contribution in [0.5, 0.6) is 11.5 Å². The summed E-state index contributed by atoms with van der Waals surface area (Å²) in [4.78, 5) is 26.8. The number of benzene rings is 3. The number of amides is 1. The molecule has 1 heterocycles. The Hall–Kier alpha value is -4.04. The van der Waals surface area contributed by atoms with Crippen LogP contribution in [0, 0.1) is 12.7 Å². The molecule has 3 aromatic carbocycles. The maximum absolute atomic E-state index is 13.1. The zero-order valence-electron chi connectivity index (χ0n) is 17.8. The van der Waals surface area contributed by atoms with Gasteiger partial charge in [0.1, 0.15) is 11.5 Å². The van der Waals surface area contributed by atoms with Crippen molar-refractivity contribution in [3.8, 4) is 11.5 Å². The lowest BCUT2D eigenvalue weighted by atomic mass is 10.1. The number of ether oxygens (including phenoxy) is 2. The number of nitrogens with one attached hydrogen (secondary N) is 1. The lowest BCUT2D eigenvalue weighted by Gasteiger charge is -2.16. The summed E-state index contributed by atoms with van der Waals surface area (Å²) in [6.07, 6.45) is 1.64. The van der Waals surface area contributed by atoms with Crippen LogP contribution in [0.3, 0.4) is 0 Å². The number of methoxy groups -OCH3 is 1. The van der Waals surface area contributed by atoms with Crippen LogP contribution in [-0.2, 0) is 4.79 Å². The molecule has 0 aliphatic carbocycles. The highest BCUT2D eigenvalue weighted by Crippen LogP contribution is 2.31. The Labute approximate surface area is 195 Å². The number of carbonyl (C=O) groups excluding carboxylic acids is 2. The van der Waals surface area contributed by atoms with Crippen LogP contribution in [-0.4, -0.2) is 24.1 Å². The fourth-order valence-corrected chi connectivity index (χ4v) is 3.63. The predicted molar refractivity (Wildman–Crippen MR) is 127 cm³/mol. The molecule has 0 aromatic heterocycles. The minimum atomic E-state index is -0.647. The SMILES string of the molecule is COc1cc(/C=C2\NC(=S)N(c3ccccc3C)C2=O)ccc1OC(=O)c1ccc(F)cc1. The molecule has 1 aliphatic rings. The van der Waals surface area contributed by atoms with Crippen molar-refractivity contribution in [2.24, 2.45) is 0 Å². The summed E-state index contributed by atoms with van der Waals surface area (Å²) in [5.74, 6) is -0.885. The highest BCUT2D eigenvalue weighted by Gasteiger charge is 2.32. The number of nitrogens with zero attached hydrogens (tertiary/aromatic N) is 1. The molecule has 1 saturated heterocycles. The Bertz CT molecular complexity index is 1290. The van der Waals surface area contributed by atoms with Crippen molar-refractivity contribution in [3.63, 3.8) is 0 Å². The average Bonchev–Trinajstić information content (AvgIpc) is 3.08. The van der Waals surface area contributed by atoms with Gasteiger partial charge < -0.3 is 14.8 Å². The highest BCUT2D eigenvalue weighted by atomic mass is 32.1. The van der Waals surface area contributed by atoms with E-state index in [1.54, 1.807) is 24.3 Å². The first-order valence-electron chi connectivity index (χ1n) is 9.96. The number of esters is 1. The molecule has 0 saturated carbocycles. The minimum Gasteiger partial charge on any atom is -0.493 e. The van der Waals surface area contributed by atoms with Gasteiger partial charge in [0.2, 0.25) is 0 Å². The zero-order valence-corrected chi connectivity index (χ0v) is 18.6. The van der Waals surface area contributed by atoms with Crippen LogP contribution in [0.4, 0.5) is 10.1 Å². The fraction of sp³-hybridized carbons (Fsp3) is 0.0800. The Morgan fingerprint density at radius 1 is 1.06 bits per heavy atom. The Morgan fingerprint density at radius 2 is 1.79 bits per heavy atom. The standard InChI is InChI=1S/C25H19FN2O4S/c1-15-5-3-4-6-20(15)28-23(29)19(27-25(28)33)13-16-7-12-21(22(14-16)31-2)32-24(30)17-8-10-18(26)11-9-17/h3-14H,1-2H3,(H,27,33)/b19-13-. The van der Waals surface area contributed by atoms with Crippen molar-refractivity contribution in [1.29, 1.82) is 0 Å². The van der Waals surface area contributed by atoms with Crippen LogP contribution >= 0.6 is 12.2 Å². The van der Waals surface area contributed by atoms with Gasteiger partial charge in [-0.2, -0.15) is 0 Å². The molecule has 8 heteroatoms. The van der Waals surface area contributed by atoms with E-state index in [0.29, 0.717) is 22.7 Å². The molecular formula is C25H19FN2O4S. The maximum Gasteiger partial charge on any atom is 0.343 e. The van der Waals surface area contributed by atoms with Gasteiger partial charge in [0, 0.05) is 0 Å². The third-order valence-electron chi connectivity index (χ3n) is 5.02. The van der Waals surface area contributed by atoms with Gasteiger partial charge in [0.15, 0.2) is 16.6 Å². The summed E-state index contributed by atoms with van der Waals surface area (Å²) in [6, 6.07) is 17.4. The summed E-state index contributed by atoms with van der Waals surface area (Å²) in [6.45, 7) is 1.91. The molecule has 166 valence electrons. The fourth-order valence-electron chi connectivity index (χ4n) is 3.34. The summed E-state index contributed by atoms with van der Waals surface area (Å²) in [5, 5.41) is 3.24. The number of thiocarbonyl (C=S) groups is 1. The first-order valence-corrected chi connectivity index (χ1v) is 10.4. The van der Waals surface area contributed by atoms with Gasteiger partial charge >= 0.3 is 5.97 Å². The number of anilines is 1. The number of para-hydroxylation sites is 1. The first kappa shape index (κ1) is 22.2. The maximum atomic E-state index is 13.1. The molecule has 6 nitrogen and oxygen atoms in total. The number of hydrogen-bond acceptors (Lipinski definition) is 5. The third kappa shape index (κ3) is 4.61. The summed E-state index contributed by atoms with van der Waals surface area (Å²) < 4.78 is 23.8. The first-order chi connectivity index (χ1) is 15.9. The molecule has 1 amide bonds. The van der Waals surface area contributed by atoms with E-state index in [1.807, 2.05) is 31.2 Å². The van der Waals surface area contributed by atoms with E-state index >= 15 is 0 Å². The van der Waals surface area contributed by atoms with Crippen molar-refractivity contribution in [1.82, 2.24) is 5.32 Å². The second-order valence-electron chi connectivity index (χ2n) is 7.22. The zero-order chi connectivity index (χ0) is 23.5. The van der Waals surface area contributed by atoms with Gasteiger partial charge in [-0.1, -0.05) is 24.3 Å². The van der Waals surface area contributed by atoms with Crippen molar-refractivity contribution >= 4 is 41.0 Å². The molecule has 1 aliphatic heterocycles. The van der Waals surface area contributed by atoms with E-state index in [9.17, 15) is 14.0 Å². The van der Waals surface area contributed by atoms with Gasteiger partial charge in [0.05, 0.1) is 18.4 Å². The monoisotopic (exact) mass is 462 g/mol. The van der Waals surface area contributed by atoms with Crippen molar-refractivity contribution < 1.29 is 23.5 Å². The summed E-state index contributed by atoms with van der Waals surface area (Å²) >= 11 is 5.37.